The minimum atomic E-state index is -0.472. The lowest BCUT2D eigenvalue weighted by atomic mass is 10.0. The second-order valence-corrected chi connectivity index (χ2v) is 8.53. The van der Waals surface area contributed by atoms with E-state index in [2.05, 4.69) is 11.9 Å². The lowest BCUT2D eigenvalue weighted by molar-refractivity contribution is -0.117. The summed E-state index contributed by atoms with van der Waals surface area (Å²) in [4.78, 5) is 27.5. The fourth-order valence-electron chi connectivity index (χ4n) is 4.13. The van der Waals surface area contributed by atoms with Gasteiger partial charge in [-0.1, -0.05) is 12.1 Å². The first-order valence-electron chi connectivity index (χ1n) is 11.0. The molecule has 0 spiro atoms. The molecule has 0 aliphatic carbocycles. The van der Waals surface area contributed by atoms with Crippen LogP contribution in [0.25, 0.3) is 11.0 Å². The van der Waals surface area contributed by atoms with Gasteiger partial charge >= 0.3 is 5.63 Å². The minimum Gasteiger partial charge on any atom is -0.497 e. The maximum atomic E-state index is 12.6. The predicted octanol–water partition coefficient (Wildman–Crippen LogP) is 3.94. The van der Waals surface area contributed by atoms with Crippen LogP contribution in [-0.4, -0.2) is 44.0 Å². The van der Waals surface area contributed by atoms with Crippen LogP contribution in [0.1, 0.15) is 29.5 Å². The molecule has 2 aromatic carbocycles. The van der Waals surface area contributed by atoms with E-state index in [1.54, 1.807) is 13.2 Å². The number of aryl methyl sites for hydroxylation is 1. The molecule has 0 atom stereocenters. The van der Waals surface area contributed by atoms with E-state index in [-0.39, 0.29) is 24.7 Å². The summed E-state index contributed by atoms with van der Waals surface area (Å²) in [6.45, 7) is 3.94. The van der Waals surface area contributed by atoms with Crippen molar-refractivity contribution in [3.63, 3.8) is 0 Å². The summed E-state index contributed by atoms with van der Waals surface area (Å²) in [6, 6.07) is 12.9. The van der Waals surface area contributed by atoms with Crippen LogP contribution >= 0.6 is 0 Å². The van der Waals surface area contributed by atoms with Crippen LogP contribution < -0.4 is 15.1 Å². The van der Waals surface area contributed by atoms with Crippen molar-refractivity contribution in [3.05, 3.63) is 69.6 Å². The largest absolute Gasteiger partial charge is 0.497 e. The normalized spacial score (nSPS) is 15.1. The van der Waals surface area contributed by atoms with Gasteiger partial charge < -0.3 is 18.8 Å². The van der Waals surface area contributed by atoms with E-state index in [0.29, 0.717) is 11.1 Å². The monoisotopic (exact) mass is 435 g/mol. The number of rotatable bonds is 7. The van der Waals surface area contributed by atoms with Gasteiger partial charge in [0, 0.05) is 42.4 Å². The molecular formula is C26H29NO5. The number of likely N-dealkylation sites (tertiary alicyclic amines) is 1. The highest BCUT2D eigenvalue weighted by Crippen LogP contribution is 2.29. The Morgan fingerprint density at radius 3 is 2.50 bits per heavy atom. The van der Waals surface area contributed by atoms with Gasteiger partial charge in [-0.3, -0.25) is 4.79 Å². The topological polar surface area (TPSA) is 69.0 Å². The van der Waals surface area contributed by atoms with Crippen molar-refractivity contribution in [2.45, 2.75) is 38.7 Å². The van der Waals surface area contributed by atoms with Crippen molar-refractivity contribution in [2.24, 2.45) is 0 Å². The van der Waals surface area contributed by atoms with Gasteiger partial charge in [-0.2, -0.15) is 0 Å². The highest BCUT2D eigenvalue weighted by atomic mass is 16.5. The number of carbonyl (C=O) groups is 1. The van der Waals surface area contributed by atoms with Gasteiger partial charge in [-0.25, -0.2) is 4.79 Å². The molecule has 1 fully saturated rings. The Morgan fingerprint density at radius 1 is 1.09 bits per heavy atom. The summed E-state index contributed by atoms with van der Waals surface area (Å²) in [6.07, 6.45) is 2.42. The molecule has 4 rings (SSSR count). The number of ketones is 1. The first kappa shape index (κ1) is 22.1. The van der Waals surface area contributed by atoms with Crippen LogP contribution in [0.15, 0.2) is 51.7 Å². The van der Waals surface area contributed by atoms with Gasteiger partial charge in [0.1, 0.15) is 29.0 Å². The SMILES string of the molecule is COc1ccc(CC(=O)Cc2cc3ccc(OC4CCN(C)CC4)c(C)c3oc2=O)cc1. The highest BCUT2D eigenvalue weighted by Gasteiger charge is 2.20. The van der Waals surface area contributed by atoms with Gasteiger partial charge in [0.15, 0.2) is 0 Å². The molecule has 0 amide bonds. The number of Topliss-reactive ketones (excluding diaryl/α,β-unsaturated/α-hetero) is 1. The smallest absolute Gasteiger partial charge is 0.339 e. The summed E-state index contributed by atoms with van der Waals surface area (Å²) < 4.78 is 17.0. The van der Waals surface area contributed by atoms with E-state index in [1.807, 2.05) is 43.3 Å². The number of piperidine rings is 1. The molecule has 6 heteroatoms. The van der Waals surface area contributed by atoms with Crippen LogP contribution in [-0.2, 0) is 17.6 Å². The van der Waals surface area contributed by atoms with Crippen molar-refractivity contribution in [3.8, 4) is 11.5 Å². The number of hydrogen-bond donors (Lipinski definition) is 0. The Hall–Kier alpha value is -3.12. The van der Waals surface area contributed by atoms with Crippen molar-refractivity contribution < 1.29 is 18.7 Å². The molecular weight excluding hydrogens is 406 g/mol. The molecule has 1 aliphatic rings. The summed E-state index contributed by atoms with van der Waals surface area (Å²) in [7, 11) is 3.72. The summed E-state index contributed by atoms with van der Waals surface area (Å²) >= 11 is 0. The molecule has 0 saturated carbocycles. The lowest BCUT2D eigenvalue weighted by Gasteiger charge is -2.29. The van der Waals surface area contributed by atoms with Crippen LogP contribution in [0.2, 0.25) is 0 Å². The molecule has 0 N–H and O–H groups in total. The number of benzene rings is 2. The molecule has 3 aromatic rings. The van der Waals surface area contributed by atoms with E-state index in [9.17, 15) is 9.59 Å². The van der Waals surface area contributed by atoms with Crippen molar-refractivity contribution >= 4 is 16.8 Å². The predicted molar refractivity (Wildman–Crippen MR) is 124 cm³/mol. The molecule has 0 radical (unpaired) electrons. The van der Waals surface area contributed by atoms with Gasteiger partial charge in [-0.05, 0) is 62.7 Å². The van der Waals surface area contributed by atoms with Gasteiger partial charge in [-0.15, -0.1) is 0 Å². The van der Waals surface area contributed by atoms with Crippen molar-refractivity contribution in [1.82, 2.24) is 4.90 Å². The number of fused-ring (bicyclic) bond motifs is 1. The van der Waals surface area contributed by atoms with Gasteiger partial charge in [0.2, 0.25) is 0 Å². The first-order chi connectivity index (χ1) is 15.4. The first-order valence-corrected chi connectivity index (χ1v) is 11.0. The zero-order chi connectivity index (χ0) is 22.7. The minimum absolute atomic E-state index is 0.0389. The molecule has 6 nitrogen and oxygen atoms in total. The number of hydrogen-bond acceptors (Lipinski definition) is 6. The average molecular weight is 436 g/mol. The molecule has 32 heavy (non-hydrogen) atoms. The van der Waals surface area contributed by atoms with E-state index >= 15 is 0 Å². The molecule has 168 valence electrons. The van der Waals surface area contributed by atoms with Crippen molar-refractivity contribution in [2.75, 3.05) is 27.2 Å². The van der Waals surface area contributed by atoms with Crippen molar-refractivity contribution in [1.29, 1.82) is 0 Å². The highest BCUT2D eigenvalue weighted by molar-refractivity contribution is 5.86. The zero-order valence-electron chi connectivity index (χ0n) is 18.8. The Kier molecular flexibility index (Phi) is 6.61. The van der Waals surface area contributed by atoms with Gasteiger partial charge in [0.05, 0.1) is 7.11 Å². The van der Waals surface area contributed by atoms with Crippen LogP contribution in [0, 0.1) is 6.92 Å². The van der Waals surface area contributed by atoms with Crippen LogP contribution in [0.4, 0.5) is 0 Å². The summed E-state index contributed by atoms with van der Waals surface area (Å²) in [5.74, 6) is 1.45. The summed E-state index contributed by atoms with van der Waals surface area (Å²) in [5, 5.41) is 0.796. The van der Waals surface area contributed by atoms with E-state index in [1.165, 1.54) is 0 Å². The molecule has 2 heterocycles. The Morgan fingerprint density at radius 2 is 1.81 bits per heavy atom. The standard InChI is InChI=1S/C26H29NO5/c1-17-24(31-23-10-12-27(2)13-11-23)9-6-19-15-20(26(29)32-25(17)19)16-21(28)14-18-4-7-22(30-3)8-5-18/h4-9,15,23H,10-14,16H2,1-3H3. The second-order valence-electron chi connectivity index (χ2n) is 8.53. The number of nitrogens with zero attached hydrogens (tertiary/aromatic N) is 1. The number of methoxy groups -OCH3 is 1. The van der Waals surface area contributed by atoms with E-state index in [4.69, 9.17) is 13.9 Å². The van der Waals surface area contributed by atoms with E-state index in [0.717, 1.165) is 53.9 Å². The Balaban J connectivity index is 1.49. The third-order valence-corrected chi connectivity index (χ3v) is 6.08. The molecule has 1 aliphatic heterocycles. The van der Waals surface area contributed by atoms with Crippen LogP contribution in [0.3, 0.4) is 0 Å². The fourth-order valence-corrected chi connectivity index (χ4v) is 4.13. The lowest BCUT2D eigenvalue weighted by Crippen LogP contribution is -2.35. The average Bonchev–Trinajstić information content (AvgIpc) is 2.79. The zero-order valence-corrected chi connectivity index (χ0v) is 18.8. The second kappa shape index (κ2) is 9.57. The van der Waals surface area contributed by atoms with Gasteiger partial charge in [0.25, 0.3) is 0 Å². The quantitative estimate of drug-likeness (QED) is 0.524. The Bertz CT molecular complexity index is 1160. The third-order valence-electron chi connectivity index (χ3n) is 6.08. The number of carbonyl (C=O) groups excluding carboxylic acids is 1. The van der Waals surface area contributed by atoms with E-state index < -0.39 is 5.63 Å². The Labute approximate surface area is 187 Å². The third kappa shape index (κ3) is 5.02. The number of ether oxygens (including phenoxy) is 2. The van der Waals surface area contributed by atoms with Crippen LogP contribution in [0.5, 0.6) is 11.5 Å². The maximum absolute atomic E-state index is 12.6. The summed E-state index contributed by atoms with van der Waals surface area (Å²) in [5.41, 5.74) is 2.12. The molecule has 0 unspecified atom stereocenters. The molecule has 0 bridgehead atoms. The maximum Gasteiger partial charge on any atom is 0.339 e. The fraction of sp³-hybridized carbons (Fsp3) is 0.385. The molecule has 1 saturated heterocycles. The molecule has 1 aromatic heterocycles.